The zero-order chi connectivity index (χ0) is 23.6. The first-order chi connectivity index (χ1) is 15.7. The fraction of sp³-hybridized carbons (Fsp3) is 0.333. The molecule has 1 N–H and O–H groups in total. The highest BCUT2D eigenvalue weighted by Gasteiger charge is 2.18. The molecule has 0 radical (unpaired) electrons. The average molecular weight is 463 g/mol. The van der Waals surface area contributed by atoms with Crippen LogP contribution in [0.25, 0.3) is 22.4 Å². The maximum absolute atomic E-state index is 12.6. The lowest BCUT2D eigenvalue weighted by Crippen LogP contribution is -2.22. The largest absolute Gasteiger partial charge is 0.361 e. The van der Waals surface area contributed by atoms with E-state index in [0.29, 0.717) is 30.5 Å². The van der Waals surface area contributed by atoms with Gasteiger partial charge in [-0.15, -0.1) is 0 Å². The van der Waals surface area contributed by atoms with Crippen LogP contribution >= 0.6 is 0 Å². The maximum Gasteiger partial charge on any atom is 0.275 e. The van der Waals surface area contributed by atoms with E-state index in [-0.39, 0.29) is 5.91 Å². The van der Waals surface area contributed by atoms with Gasteiger partial charge in [0.15, 0.2) is 11.5 Å². The highest BCUT2D eigenvalue weighted by molar-refractivity contribution is 6.76. The summed E-state index contributed by atoms with van der Waals surface area (Å²) in [6, 6.07) is 13.0. The van der Waals surface area contributed by atoms with Crippen LogP contribution in [0.5, 0.6) is 0 Å². The molecular weight excluding hydrogens is 432 g/mol. The van der Waals surface area contributed by atoms with E-state index in [2.05, 4.69) is 54.1 Å². The number of amides is 1. The molecule has 0 aliphatic heterocycles. The number of aryl methyl sites for hydroxylation is 2. The number of benzene rings is 1. The van der Waals surface area contributed by atoms with Crippen LogP contribution in [0.15, 0.2) is 48.8 Å². The van der Waals surface area contributed by atoms with E-state index in [1.54, 1.807) is 25.5 Å². The van der Waals surface area contributed by atoms with Crippen LogP contribution in [-0.2, 0) is 18.5 Å². The van der Waals surface area contributed by atoms with Crippen molar-refractivity contribution in [2.24, 2.45) is 7.05 Å². The van der Waals surface area contributed by atoms with Gasteiger partial charge in [0.25, 0.3) is 5.91 Å². The monoisotopic (exact) mass is 462 g/mol. The zero-order valence-corrected chi connectivity index (χ0v) is 20.8. The van der Waals surface area contributed by atoms with Crippen molar-refractivity contribution in [3.63, 3.8) is 0 Å². The van der Waals surface area contributed by atoms with Gasteiger partial charge in [-0.05, 0) is 30.7 Å². The summed E-state index contributed by atoms with van der Waals surface area (Å²) in [6.07, 6.45) is 3.16. The Bertz CT molecular complexity index is 1290. The van der Waals surface area contributed by atoms with Gasteiger partial charge in [-0.3, -0.25) is 14.0 Å². The Morgan fingerprint density at radius 3 is 2.67 bits per heavy atom. The molecule has 4 rings (SSSR count). The minimum atomic E-state index is -1.19. The predicted octanol–water partition coefficient (Wildman–Crippen LogP) is 4.70. The van der Waals surface area contributed by atoms with E-state index in [1.165, 1.54) is 4.68 Å². The standard InChI is InChI=1S/C24H30N6O2Si/c1-17-8-6-7-9-18(17)21-14-19-23(30(21)16-32-12-13-33(3,4)5)27-22(15-25-19)28-24(31)20-10-11-26-29(20)2/h6-11,14-15H,12-13,16H2,1-5H3,(H,27,28,31). The second kappa shape index (κ2) is 9.28. The molecule has 0 atom stereocenters. The van der Waals surface area contributed by atoms with E-state index >= 15 is 0 Å². The molecule has 9 heteroatoms. The quantitative estimate of drug-likeness (QED) is 0.303. The number of rotatable bonds is 8. The maximum atomic E-state index is 12.6. The average Bonchev–Trinajstić information content (AvgIpc) is 3.34. The van der Waals surface area contributed by atoms with E-state index in [4.69, 9.17) is 9.72 Å². The lowest BCUT2D eigenvalue weighted by atomic mass is 10.1. The van der Waals surface area contributed by atoms with Crippen molar-refractivity contribution in [3.05, 3.63) is 60.0 Å². The third kappa shape index (κ3) is 5.20. The predicted molar refractivity (Wildman–Crippen MR) is 133 cm³/mol. The summed E-state index contributed by atoms with van der Waals surface area (Å²) >= 11 is 0. The Morgan fingerprint density at radius 1 is 1.18 bits per heavy atom. The molecule has 4 aromatic rings. The van der Waals surface area contributed by atoms with Gasteiger partial charge >= 0.3 is 0 Å². The molecule has 0 aliphatic rings. The zero-order valence-electron chi connectivity index (χ0n) is 19.8. The molecule has 0 fully saturated rings. The van der Waals surface area contributed by atoms with Crippen LogP contribution in [0, 0.1) is 6.92 Å². The van der Waals surface area contributed by atoms with E-state index in [9.17, 15) is 4.79 Å². The number of anilines is 1. The molecule has 0 spiro atoms. The van der Waals surface area contributed by atoms with Crippen molar-refractivity contribution in [2.45, 2.75) is 39.3 Å². The van der Waals surface area contributed by atoms with Crippen molar-refractivity contribution in [2.75, 3.05) is 11.9 Å². The second-order valence-electron chi connectivity index (χ2n) is 9.38. The fourth-order valence-corrected chi connectivity index (χ4v) is 4.35. The number of carbonyl (C=O) groups is 1. The van der Waals surface area contributed by atoms with Crippen LogP contribution in [0.3, 0.4) is 0 Å². The summed E-state index contributed by atoms with van der Waals surface area (Å²) in [4.78, 5) is 21.9. The number of fused-ring (bicyclic) bond motifs is 1. The van der Waals surface area contributed by atoms with E-state index < -0.39 is 8.07 Å². The molecule has 1 aromatic carbocycles. The number of hydrogen-bond acceptors (Lipinski definition) is 5. The Balaban J connectivity index is 1.68. The van der Waals surface area contributed by atoms with Crippen molar-refractivity contribution in [1.29, 1.82) is 0 Å². The lowest BCUT2D eigenvalue weighted by Gasteiger charge is -2.17. The van der Waals surface area contributed by atoms with Crippen LogP contribution < -0.4 is 5.32 Å². The molecule has 1 amide bonds. The second-order valence-corrected chi connectivity index (χ2v) is 15.0. The van der Waals surface area contributed by atoms with Crippen molar-refractivity contribution in [3.8, 4) is 11.3 Å². The highest BCUT2D eigenvalue weighted by Crippen LogP contribution is 2.29. The van der Waals surface area contributed by atoms with Gasteiger partial charge in [-0.2, -0.15) is 5.10 Å². The van der Waals surface area contributed by atoms with Gasteiger partial charge in [0.2, 0.25) is 0 Å². The molecule has 0 aliphatic carbocycles. The highest BCUT2D eigenvalue weighted by atomic mass is 28.3. The van der Waals surface area contributed by atoms with Gasteiger partial charge in [0, 0.05) is 33.5 Å². The Labute approximate surface area is 194 Å². The molecule has 172 valence electrons. The minimum absolute atomic E-state index is 0.285. The van der Waals surface area contributed by atoms with E-state index in [0.717, 1.165) is 28.4 Å². The normalized spacial score (nSPS) is 11.8. The number of hydrogen-bond donors (Lipinski definition) is 1. The molecule has 0 bridgehead atoms. The number of aromatic nitrogens is 5. The topological polar surface area (TPSA) is 86.9 Å². The van der Waals surface area contributed by atoms with E-state index in [1.807, 2.05) is 22.8 Å². The summed E-state index contributed by atoms with van der Waals surface area (Å²) in [6.45, 7) is 10.2. The molecule has 8 nitrogen and oxygen atoms in total. The van der Waals surface area contributed by atoms with Gasteiger partial charge in [-0.25, -0.2) is 9.97 Å². The molecule has 33 heavy (non-hydrogen) atoms. The summed E-state index contributed by atoms with van der Waals surface area (Å²) in [7, 11) is 0.529. The van der Waals surface area contributed by atoms with Crippen molar-refractivity contribution >= 4 is 31.0 Å². The first-order valence-electron chi connectivity index (χ1n) is 11.0. The lowest BCUT2D eigenvalue weighted by molar-refractivity contribution is 0.0909. The number of nitrogens with one attached hydrogen (secondary N) is 1. The SMILES string of the molecule is Cc1ccccc1-c1cc2ncc(NC(=O)c3ccnn3C)nc2n1COCC[Si](C)(C)C. The molecular formula is C24H30N6O2Si. The first kappa shape index (κ1) is 22.9. The van der Waals surface area contributed by atoms with Gasteiger partial charge < -0.3 is 10.1 Å². The Kier molecular flexibility index (Phi) is 6.43. The third-order valence-electron chi connectivity index (χ3n) is 5.53. The van der Waals surface area contributed by atoms with Crippen LogP contribution in [0.4, 0.5) is 5.82 Å². The minimum Gasteiger partial charge on any atom is -0.361 e. The van der Waals surface area contributed by atoms with Crippen LogP contribution in [0.2, 0.25) is 25.7 Å². The Hall–Kier alpha value is -3.30. The molecule has 3 aromatic heterocycles. The number of carbonyl (C=O) groups excluding carboxylic acids is 1. The summed E-state index contributed by atoms with van der Waals surface area (Å²) < 4.78 is 9.65. The summed E-state index contributed by atoms with van der Waals surface area (Å²) in [5.41, 5.74) is 5.12. The number of nitrogens with zero attached hydrogens (tertiary/aromatic N) is 5. The summed E-state index contributed by atoms with van der Waals surface area (Å²) in [5.74, 6) is 0.0961. The third-order valence-corrected chi connectivity index (χ3v) is 7.24. The summed E-state index contributed by atoms with van der Waals surface area (Å²) in [5, 5.41) is 6.88. The number of ether oxygens (including phenoxy) is 1. The van der Waals surface area contributed by atoms with Crippen LogP contribution in [0.1, 0.15) is 16.1 Å². The Morgan fingerprint density at radius 2 is 1.97 bits per heavy atom. The smallest absolute Gasteiger partial charge is 0.275 e. The van der Waals surface area contributed by atoms with Crippen molar-refractivity contribution < 1.29 is 9.53 Å². The van der Waals surface area contributed by atoms with Gasteiger partial charge in [0.1, 0.15) is 17.9 Å². The first-order valence-corrected chi connectivity index (χ1v) is 14.7. The molecule has 0 unspecified atom stereocenters. The van der Waals surface area contributed by atoms with Crippen LogP contribution in [-0.4, -0.2) is 44.9 Å². The molecule has 3 heterocycles. The van der Waals surface area contributed by atoms with Gasteiger partial charge in [0.05, 0.1) is 11.9 Å². The molecule has 0 saturated carbocycles. The molecule has 0 saturated heterocycles. The van der Waals surface area contributed by atoms with Crippen molar-refractivity contribution in [1.82, 2.24) is 24.3 Å². The fourth-order valence-electron chi connectivity index (χ4n) is 3.60. The van der Waals surface area contributed by atoms with Gasteiger partial charge in [-0.1, -0.05) is 43.9 Å².